The Morgan fingerprint density at radius 1 is 0.969 bits per heavy atom. The van der Waals surface area contributed by atoms with Gasteiger partial charge in [-0.25, -0.2) is 8.42 Å². The van der Waals surface area contributed by atoms with Crippen molar-refractivity contribution < 1.29 is 22.7 Å². The van der Waals surface area contributed by atoms with Crippen LogP contribution in [-0.2, 0) is 14.8 Å². The normalized spacial score (nSPS) is 11.0. The number of amides is 1. The summed E-state index contributed by atoms with van der Waals surface area (Å²) in [6.45, 7) is 1.37. The molecule has 0 bridgehead atoms. The number of carbonyl (C=O) groups excluding carboxylic acids is 1. The minimum Gasteiger partial charge on any atom is -0.495 e. The predicted molar refractivity (Wildman–Crippen MR) is 125 cm³/mol. The van der Waals surface area contributed by atoms with E-state index in [0.717, 1.165) is 9.87 Å². The summed E-state index contributed by atoms with van der Waals surface area (Å²) in [5.74, 6) is 0.136. The second-order valence-corrected chi connectivity index (χ2v) is 9.19. The molecule has 0 saturated heterocycles. The highest BCUT2D eigenvalue weighted by Crippen LogP contribution is 2.33. The minimum absolute atomic E-state index is 0.0575. The van der Waals surface area contributed by atoms with Crippen molar-refractivity contribution in [2.75, 3.05) is 30.4 Å². The zero-order valence-electron chi connectivity index (χ0n) is 17.8. The summed E-state index contributed by atoms with van der Waals surface area (Å²) in [6.07, 6.45) is 0. The van der Waals surface area contributed by atoms with Gasteiger partial charge >= 0.3 is 0 Å². The van der Waals surface area contributed by atoms with Gasteiger partial charge in [-0.1, -0.05) is 41.4 Å². The number of nitrogens with one attached hydrogen (secondary N) is 1. The van der Waals surface area contributed by atoms with Crippen molar-refractivity contribution in [3.63, 3.8) is 0 Å². The molecular weight excluding hydrogens is 452 g/mol. The molecule has 0 aliphatic rings. The number of para-hydroxylation sites is 2. The second kappa shape index (κ2) is 9.93. The molecule has 0 aliphatic heterocycles. The van der Waals surface area contributed by atoms with Gasteiger partial charge in [-0.2, -0.15) is 0 Å². The molecule has 0 heterocycles. The maximum absolute atomic E-state index is 13.5. The van der Waals surface area contributed by atoms with Gasteiger partial charge in [0.25, 0.3) is 10.0 Å². The van der Waals surface area contributed by atoms with Gasteiger partial charge in [-0.05, 0) is 49.4 Å². The molecule has 0 spiro atoms. The van der Waals surface area contributed by atoms with Gasteiger partial charge in [-0.15, -0.1) is 0 Å². The number of nitrogens with zero attached hydrogens (tertiary/aromatic N) is 1. The highest BCUT2D eigenvalue weighted by Gasteiger charge is 2.29. The Hall–Kier alpha value is -3.23. The van der Waals surface area contributed by atoms with Crippen LogP contribution in [-0.4, -0.2) is 35.1 Å². The van der Waals surface area contributed by atoms with Crippen molar-refractivity contribution in [2.24, 2.45) is 0 Å². The van der Waals surface area contributed by atoms with Crippen molar-refractivity contribution in [3.05, 3.63) is 77.3 Å². The molecule has 0 aromatic heterocycles. The molecule has 1 N–H and O–H groups in total. The van der Waals surface area contributed by atoms with E-state index in [1.807, 2.05) is 6.92 Å². The lowest BCUT2D eigenvalue weighted by Gasteiger charge is -2.25. The molecule has 0 saturated carbocycles. The third-order valence-corrected chi connectivity index (χ3v) is 6.69. The van der Waals surface area contributed by atoms with Crippen molar-refractivity contribution in [1.82, 2.24) is 0 Å². The summed E-state index contributed by atoms with van der Waals surface area (Å²) < 4.78 is 38.7. The van der Waals surface area contributed by atoms with Crippen LogP contribution in [0.3, 0.4) is 0 Å². The van der Waals surface area contributed by atoms with Gasteiger partial charge in [0.2, 0.25) is 5.91 Å². The molecule has 3 aromatic rings. The molecule has 0 fully saturated rings. The number of aryl methyl sites for hydroxylation is 1. The minimum atomic E-state index is -4.08. The van der Waals surface area contributed by atoms with Gasteiger partial charge in [0, 0.05) is 5.02 Å². The Morgan fingerprint density at radius 2 is 1.62 bits per heavy atom. The standard InChI is InChI=1S/C23H23ClN2O5S/c1-16-8-11-18(12-9-16)32(28,29)26(20-6-4-5-7-22(20)31-3)15-23(27)25-19-14-17(24)10-13-21(19)30-2/h4-14H,15H2,1-3H3,(H,25,27). The Morgan fingerprint density at radius 3 is 2.28 bits per heavy atom. The van der Waals surface area contributed by atoms with Crippen molar-refractivity contribution in [2.45, 2.75) is 11.8 Å². The fourth-order valence-corrected chi connectivity index (χ4v) is 4.67. The van der Waals surface area contributed by atoms with Crippen LogP contribution in [0.25, 0.3) is 0 Å². The van der Waals surface area contributed by atoms with Crippen LogP contribution in [0.5, 0.6) is 11.5 Å². The molecule has 0 radical (unpaired) electrons. The lowest BCUT2D eigenvalue weighted by molar-refractivity contribution is -0.114. The second-order valence-electron chi connectivity index (χ2n) is 6.89. The van der Waals surface area contributed by atoms with Crippen LogP contribution in [0.15, 0.2) is 71.6 Å². The first-order chi connectivity index (χ1) is 15.3. The molecule has 0 unspecified atom stereocenters. The monoisotopic (exact) mass is 474 g/mol. The summed E-state index contributed by atoms with van der Waals surface area (Å²) in [5.41, 5.74) is 1.49. The van der Waals surface area contributed by atoms with E-state index in [9.17, 15) is 13.2 Å². The lowest BCUT2D eigenvalue weighted by atomic mass is 10.2. The smallest absolute Gasteiger partial charge is 0.264 e. The van der Waals surface area contributed by atoms with E-state index in [1.54, 1.807) is 48.5 Å². The summed E-state index contributed by atoms with van der Waals surface area (Å²) >= 11 is 6.03. The maximum Gasteiger partial charge on any atom is 0.264 e. The van der Waals surface area contributed by atoms with Crippen LogP contribution in [0.1, 0.15) is 5.56 Å². The molecule has 168 valence electrons. The summed E-state index contributed by atoms with van der Waals surface area (Å²) in [6, 6.07) is 17.8. The highest BCUT2D eigenvalue weighted by molar-refractivity contribution is 7.92. The summed E-state index contributed by atoms with van der Waals surface area (Å²) in [4.78, 5) is 13.0. The molecule has 7 nitrogen and oxygen atoms in total. The van der Waals surface area contributed by atoms with E-state index in [4.69, 9.17) is 21.1 Å². The SMILES string of the molecule is COc1ccc(Cl)cc1NC(=O)CN(c1ccccc1OC)S(=O)(=O)c1ccc(C)cc1. The fourth-order valence-electron chi connectivity index (χ4n) is 3.07. The zero-order valence-corrected chi connectivity index (χ0v) is 19.4. The van der Waals surface area contributed by atoms with Gasteiger partial charge in [-0.3, -0.25) is 9.10 Å². The average molecular weight is 475 g/mol. The number of halogens is 1. The molecule has 9 heteroatoms. The molecular formula is C23H23ClN2O5S. The van der Waals surface area contributed by atoms with E-state index in [-0.39, 0.29) is 10.6 Å². The van der Waals surface area contributed by atoms with Crippen molar-refractivity contribution in [1.29, 1.82) is 0 Å². The molecule has 0 atom stereocenters. The Bertz CT molecular complexity index is 1210. The molecule has 3 aromatic carbocycles. The van der Waals surface area contributed by atoms with Crippen LogP contribution in [0.2, 0.25) is 5.02 Å². The third kappa shape index (κ3) is 5.15. The number of benzene rings is 3. The van der Waals surface area contributed by atoms with E-state index in [1.165, 1.54) is 32.4 Å². The summed E-state index contributed by atoms with van der Waals surface area (Å²) in [7, 11) is -1.18. The molecule has 3 rings (SSSR count). The molecule has 1 amide bonds. The van der Waals surface area contributed by atoms with Crippen LogP contribution >= 0.6 is 11.6 Å². The van der Waals surface area contributed by atoms with E-state index in [2.05, 4.69) is 5.32 Å². The third-order valence-electron chi connectivity index (χ3n) is 4.69. The van der Waals surface area contributed by atoms with Gasteiger partial charge in [0.05, 0.1) is 30.5 Å². The largest absolute Gasteiger partial charge is 0.495 e. The van der Waals surface area contributed by atoms with Gasteiger partial charge in [0.1, 0.15) is 18.0 Å². The number of rotatable bonds is 8. The number of sulfonamides is 1. The number of hydrogen-bond acceptors (Lipinski definition) is 5. The summed E-state index contributed by atoms with van der Waals surface area (Å²) in [5, 5.41) is 3.08. The Kier molecular flexibility index (Phi) is 7.27. The fraction of sp³-hybridized carbons (Fsp3) is 0.174. The number of hydrogen-bond donors (Lipinski definition) is 1. The lowest BCUT2D eigenvalue weighted by Crippen LogP contribution is -2.38. The first-order valence-corrected chi connectivity index (χ1v) is 11.4. The van der Waals surface area contributed by atoms with E-state index >= 15 is 0 Å². The Labute approximate surface area is 192 Å². The van der Waals surface area contributed by atoms with Crippen LogP contribution in [0, 0.1) is 6.92 Å². The van der Waals surface area contributed by atoms with E-state index < -0.39 is 22.5 Å². The first-order valence-electron chi connectivity index (χ1n) is 9.62. The molecule has 32 heavy (non-hydrogen) atoms. The molecule has 0 aliphatic carbocycles. The van der Waals surface area contributed by atoms with Crippen LogP contribution < -0.4 is 19.1 Å². The number of methoxy groups -OCH3 is 2. The van der Waals surface area contributed by atoms with Crippen molar-refractivity contribution >= 4 is 38.9 Å². The topological polar surface area (TPSA) is 84.9 Å². The Balaban J connectivity index is 2.01. The van der Waals surface area contributed by atoms with Crippen LogP contribution in [0.4, 0.5) is 11.4 Å². The van der Waals surface area contributed by atoms with E-state index in [0.29, 0.717) is 22.2 Å². The number of carbonyl (C=O) groups is 1. The predicted octanol–water partition coefficient (Wildman–Crippen LogP) is 4.50. The first kappa shape index (κ1) is 23.4. The number of anilines is 2. The number of ether oxygens (including phenoxy) is 2. The van der Waals surface area contributed by atoms with Gasteiger partial charge < -0.3 is 14.8 Å². The quantitative estimate of drug-likeness (QED) is 0.519. The maximum atomic E-state index is 13.5. The van der Waals surface area contributed by atoms with Crippen molar-refractivity contribution in [3.8, 4) is 11.5 Å². The highest BCUT2D eigenvalue weighted by atomic mass is 35.5. The van der Waals surface area contributed by atoms with Gasteiger partial charge in [0.15, 0.2) is 0 Å². The zero-order chi connectivity index (χ0) is 23.3. The average Bonchev–Trinajstić information content (AvgIpc) is 2.78.